The molecule has 0 spiro atoms. The van der Waals surface area contributed by atoms with E-state index in [1.165, 1.54) is 6.08 Å². The van der Waals surface area contributed by atoms with Crippen LogP contribution < -0.4 is 4.90 Å². The summed E-state index contributed by atoms with van der Waals surface area (Å²) in [6, 6.07) is 8.26. The molecule has 1 amide bonds. The first kappa shape index (κ1) is 22.5. The molecule has 4 rings (SSSR count). The van der Waals surface area contributed by atoms with Gasteiger partial charge in [-0.2, -0.15) is 5.10 Å². The van der Waals surface area contributed by atoms with E-state index in [1.54, 1.807) is 16.6 Å². The van der Waals surface area contributed by atoms with Gasteiger partial charge >= 0.3 is 0 Å². The number of ether oxygens (including phenoxy) is 1. The number of hydrogen-bond acceptors (Lipinski definition) is 4. The molecule has 170 valence electrons. The van der Waals surface area contributed by atoms with Crippen LogP contribution in [0.15, 0.2) is 55.5 Å². The summed E-state index contributed by atoms with van der Waals surface area (Å²) in [6.45, 7) is 10.1. The number of H-pyrrole nitrogens is 1. The number of anilines is 1. The van der Waals surface area contributed by atoms with Gasteiger partial charge in [0.25, 0.3) is 0 Å². The van der Waals surface area contributed by atoms with Gasteiger partial charge in [-0.25, -0.2) is 4.98 Å². The highest BCUT2D eigenvalue weighted by Gasteiger charge is 2.20. The smallest absolute Gasteiger partial charge is 0.250 e. The van der Waals surface area contributed by atoms with Crippen LogP contribution in [-0.2, 0) is 23.2 Å². The van der Waals surface area contributed by atoms with Crippen LogP contribution in [0.1, 0.15) is 25.0 Å². The van der Waals surface area contributed by atoms with Crippen LogP contribution >= 0.6 is 0 Å². The molecule has 0 aliphatic rings. The Balaban J connectivity index is 1.93. The maximum Gasteiger partial charge on any atom is 0.250 e. The largest absolute Gasteiger partial charge is 0.374 e. The molecule has 3 aromatic heterocycles. The molecule has 0 fully saturated rings. The number of benzene rings is 1. The van der Waals surface area contributed by atoms with E-state index in [2.05, 4.69) is 33.8 Å². The SMILES string of the molecule is C=CC(=O)N(C)c1cc(-c2c(-c3cnn(C)c3)[nH]c3ncc(COC(C)C)cc23)ccc1C. The number of likely N-dealkylation sites (N-methyl/N-ethyl adjacent to an activating group) is 1. The Morgan fingerprint density at radius 1 is 1.27 bits per heavy atom. The molecule has 1 aromatic carbocycles. The fourth-order valence-corrected chi connectivity index (χ4v) is 3.90. The van der Waals surface area contributed by atoms with E-state index in [9.17, 15) is 4.79 Å². The van der Waals surface area contributed by atoms with Gasteiger partial charge < -0.3 is 14.6 Å². The molecule has 0 aliphatic heterocycles. The number of aryl methyl sites for hydroxylation is 2. The van der Waals surface area contributed by atoms with Gasteiger partial charge in [-0.05, 0) is 55.7 Å². The molecule has 0 bridgehead atoms. The average molecular weight is 444 g/mol. The predicted octanol–water partition coefficient (Wildman–Crippen LogP) is 5.01. The van der Waals surface area contributed by atoms with Crippen molar-refractivity contribution >= 4 is 22.6 Å². The first-order valence-electron chi connectivity index (χ1n) is 10.9. The lowest BCUT2D eigenvalue weighted by Gasteiger charge is -2.19. The zero-order valence-corrected chi connectivity index (χ0v) is 19.7. The summed E-state index contributed by atoms with van der Waals surface area (Å²) in [5, 5.41) is 5.34. The molecular weight excluding hydrogens is 414 g/mol. The number of carbonyl (C=O) groups is 1. The molecule has 7 heteroatoms. The minimum atomic E-state index is -0.156. The average Bonchev–Trinajstić information content (AvgIpc) is 3.40. The van der Waals surface area contributed by atoms with Gasteiger partial charge in [0.05, 0.1) is 24.6 Å². The molecule has 0 radical (unpaired) electrons. The lowest BCUT2D eigenvalue weighted by Crippen LogP contribution is -2.24. The second-order valence-electron chi connectivity index (χ2n) is 8.48. The van der Waals surface area contributed by atoms with E-state index >= 15 is 0 Å². The van der Waals surface area contributed by atoms with Crippen molar-refractivity contribution in [1.29, 1.82) is 0 Å². The highest BCUT2D eigenvalue weighted by atomic mass is 16.5. The summed E-state index contributed by atoms with van der Waals surface area (Å²) < 4.78 is 7.58. The summed E-state index contributed by atoms with van der Waals surface area (Å²) in [5.41, 5.74) is 7.50. The third kappa shape index (κ3) is 4.45. The van der Waals surface area contributed by atoms with Gasteiger partial charge in [-0.15, -0.1) is 0 Å². The van der Waals surface area contributed by atoms with Crippen LogP contribution in [0.25, 0.3) is 33.4 Å². The van der Waals surface area contributed by atoms with Crippen molar-refractivity contribution in [2.45, 2.75) is 33.5 Å². The molecule has 33 heavy (non-hydrogen) atoms. The van der Waals surface area contributed by atoms with E-state index in [-0.39, 0.29) is 12.0 Å². The van der Waals surface area contributed by atoms with Crippen molar-refractivity contribution in [3.8, 4) is 22.4 Å². The normalized spacial score (nSPS) is 11.3. The zero-order valence-electron chi connectivity index (χ0n) is 19.7. The summed E-state index contributed by atoms with van der Waals surface area (Å²) in [4.78, 5) is 22.1. The number of nitrogens with one attached hydrogen (secondary N) is 1. The van der Waals surface area contributed by atoms with Crippen molar-refractivity contribution in [2.24, 2.45) is 7.05 Å². The van der Waals surface area contributed by atoms with Crippen molar-refractivity contribution in [2.75, 3.05) is 11.9 Å². The fourth-order valence-electron chi connectivity index (χ4n) is 3.90. The van der Waals surface area contributed by atoms with Crippen molar-refractivity contribution in [3.05, 3.63) is 66.6 Å². The summed E-state index contributed by atoms with van der Waals surface area (Å²) >= 11 is 0. The Labute approximate surface area is 193 Å². The lowest BCUT2D eigenvalue weighted by atomic mass is 9.97. The van der Waals surface area contributed by atoms with E-state index in [1.807, 2.05) is 58.5 Å². The molecule has 0 saturated carbocycles. The Hall–Kier alpha value is -3.71. The number of pyridine rings is 1. The molecule has 0 aliphatic carbocycles. The topological polar surface area (TPSA) is 76.0 Å². The third-order valence-electron chi connectivity index (χ3n) is 5.65. The van der Waals surface area contributed by atoms with Crippen LogP contribution in [-0.4, -0.2) is 38.8 Å². The minimum absolute atomic E-state index is 0.134. The molecule has 0 atom stereocenters. The Morgan fingerprint density at radius 2 is 2.06 bits per heavy atom. The minimum Gasteiger partial charge on any atom is -0.374 e. The number of aromatic nitrogens is 4. The van der Waals surface area contributed by atoms with Gasteiger partial charge in [0.2, 0.25) is 5.91 Å². The third-order valence-corrected chi connectivity index (χ3v) is 5.65. The van der Waals surface area contributed by atoms with Crippen LogP contribution in [0.5, 0.6) is 0 Å². The second-order valence-corrected chi connectivity index (χ2v) is 8.48. The van der Waals surface area contributed by atoms with Crippen molar-refractivity contribution < 1.29 is 9.53 Å². The van der Waals surface area contributed by atoms with E-state index in [4.69, 9.17) is 4.74 Å². The van der Waals surface area contributed by atoms with Crippen LogP contribution in [0.3, 0.4) is 0 Å². The highest BCUT2D eigenvalue weighted by molar-refractivity contribution is 6.05. The summed E-state index contributed by atoms with van der Waals surface area (Å²) in [7, 11) is 3.65. The predicted molar refractivity (Wildman–Crippen MR) is 132 cm³/mol. The molecule has 4 aromatic rings. The van der Waals surface area contributed by atoms with Crippen molar-refractivity contribution in [1.82, 2.24) is 19.7 Å². The van der Waals surface area contributed by atoms with E-state index in [0.717, 1.165) is 50.2 Å². The first-order valence-corrected chi connectivity index (χ1v) is 10.9. The molecule has 0 unspecified atom stereocenters. The maximum absolute atomic E-state index is 12.3. The Bertz CT molecular complexity index is 1330. The number of fused-ring (bicyclic) bond motifs is 1. The fraction of sp³-hybridized carbons (Fsp3) is 0.269. The summed E-state index contributed by atoms with van der Waals surface area (Å²) in [5.74, 6) is -0.156. The molecule has 0 saturated heterocycles. The van der Waals surface area contributed by atoms with Gasteiger partial charge in [0.15, 0.2) is 0 Å². The van der Waals surface area contributed by atoms with Crippen molar-refractivity contribution in [3.63, 3.8) is 0 Å². The standard InChI is InChI=1S/C26H29N5O2/c1-7-23(32)31(6)22-11-19(9-8-17(22)4)24-21-10-18(15-33-16(2)3)12-27-26(21)29-25(24)20-13-28-30(5)14-20/h7-14,16H,1,15H2,2-6H3,(H,27,29). The molecular formula is C26H29N5O2. The number of amides is 1. The lowest BCUT2D eigenvalue weighted by molar-refractivity contribution is -0.113. The molecule has 1 N–H and O–H groups in total. The number of carbonyl (C=O) groups excluding carboxylic acids is 1. The number of aromatic amines is 1. The summed E-state index contributed by atoms with van der Waals surface area (Å²) in [6.07, 6.45) is 7.10. The van der Waals surface area contributed by atoms with E-state index < -0.39 is 0 Å². The van der Waals surface area contributed by atoms with Gasteiger partial charge in [0.1, 0.15) is 5.65 Å². The quantitative estimate of drug-likeness (QED) is 0.407. The molecule has 7 nitrogen and oxygen atoms in total. The number of hydrogen-bond donors (Lipinski definition) is 1. The monoisotopic (exact) mass is 443 g/mol. The number of rotatable bonds is 7. The molecule has 3 heterocycles. The zero-order chi connectivity index (χ0) is 23.7. The maximum atomic E-state index is 12.3. The first-order chi connectivity index (χ1) is 15.8. The van der Waals surface area contributed by atoms with Gasteiger partial charge in [-0.3, -0.25) is 9.48 Å². The van der Waals surface area contributed by atoms with Gasteiger partial charge in [0, 0.05) is 48.7 Å². The van der Waals surface area contributed by atoms with Crippen LogP contribution in [0.2, 0.25) is 0 Å². The second kappa shape index (κ2) is 9.03. The number of nitrogens with zero attached hydrogens (tertiary/aromatic N) is 4. The Morgan fingerprint density at radius 3 is 2.73 bits per heavy atom. The Kier molecular flexibility index (Phi) is 6.16. The van der Waals surface area contributed by atoms with E-state index in [0.29, 0.717) is 6.61 Å². The highest BCUT2D eigenvalue weighted by Crippen LogP contribution is 2.39. The van der Waals surface area contributed by atoms with Crippen LogP contribution in [0, 0.1) is 6.92 Å². The van der Waals surface area contributed by atoms with Crippen LogP contribution in [0.4, 0.5) is 5.69 Å². The van der Waals surface area contributed by atoms with Gasteiger partial charge in [-0.1, -0.05) is 18.7 Å².